The van der Waals surface area contributed by atoms with Gasteiger partial charge in [-0.2, -0.15) is 0 Å². The fourth-order valence-corrected chi connectivity index (χ4v) is 2.41. The van der Waals surface area contributed by atoms with Crippen molar-refractivity contribution in [1.29, 1.82) is 0 Å². The monoisotopic (exact) mass is 269 g/mol. The highest BCUT2D eigenvalue weighted by atomic mass is 16.5. The van der Waals surface area contributed by atoms with Crippen LogP contribution in [0.4, 0.5) is 0 Å². The minimum atomic E-state index is 0.745. The molecule has 0 atom stereocenters. The molecule has 0 spiro atoms. The van der Waals surface area contributed by atoms with Gasteiger partial charge in [0.05, 0.1) is 18.7 Å². The summed E-state index contributed by atoms with van der Waals surface area (Å²) in [5.41, 5.74) is 1.17. The second-order valence-corrected chi connectivity index (χ2v) is 4.99. The zero-order valence-corrected chi connectivity index (χ0v) is 11.9. The number of ether oxygens (including phenoxy) is 1. The molecule has 0 aliphatic carbocycles. The molecule has 0 fully saturated rings. The van der Waals surface area contributed by atoms with Gasteiger partial charge < -0.3 is 13.7 Å². The van der Waals surface area contributed by atoms with E-state index in [2.05, 4.69) is 29.8 Å². The number of hydrogen-bond donors (Lipinski definition) is 0. The van der Waals surface area contributed by atoms with Gasteiger partial charge >= 0.3 is 0 Å². The lowest BCUT2D eigenvalue weighted by Gasteiger charge is -2.07. The highest BCUT2D eigenvalue weighted by Gasteiger charge is 2.08. The first-order valence-corrected chi connectivity index (χ1v) is 7.04. The molecule has 3 rings (SSSR count). The van der Waals surface area contributed by atoms with E-state index in [1.807, 2.05) is 31.2 Å². The van der Waals surface area contributed by atoms with Gasteiger partial charge in [-0.05, 0) is 43.7 Å². The van der Waals surface area contributed by atoms with Crippen LogP contribution in [0.15, 0.2) is 47.0 Å². The van der Waals surface area contributed by atoms with Crippen LogP contribution in [0.5, 0.6) is 5.75 Å². The molecule has 0 aliphatic heterocycles. The van der Waals surface area contributed by atoms with Crippen molar-refractivity contribution in [3.05, 3.63) is 54.1 Å². The van der Waals surface area contributed by atoms with Crippen molar-refractivity contribution in [2.45, 2.75) is 26.8 Å². The van der Waals surface area contributed by atoms with E-state index in [0.717, 1.165) is 42.2 Å². The molecule has 20 heavy (non-hydrogen) atoms. The minimum absolute atomic E-state index is 0.745. The van der Waals surface area contributed by atoms with Crippen LogP contribution in [0.1, 0.15) is 24.9 Å². The zero-order valence-electron chi connectivity index (χ0n) is 11.9. The van der Waals surface area contributed by atoms with E-state index in [1.54, 1.807) is 0 Å². The molecule has 2 heterocycles. The third-order valence-electron chi connectivity index (χ3n) is 3.36. The highest BCUT2D eigenvalue weighted by molar-refractivity contribution is 5.86. The van der Waals surface area contributed by atoms with Crippen LogP contribution in [-0.4, -0.2) is 11.2 Å². The average Bonchev–Trinajstić information content (AvgIpc) is 3.04. The standard InChI is InChI=1S/C17H19NO2/c1-3-11-19-17-6-4-5-16-15(17)9-10-18(16)12-14-8-7-13(2)20-14/h4-10H,3,11-12H2,1-2H3. The molecule has 2 aromatic heterocycles. The molecular formula is C17H19NO2. The largest absolute Gasteiger partial charge is 0.493 e. The molecule has 0 amide bonds. The van der Waals surface area contributed by atoms with Crippen molar-refractivity contribution in [2.75, 3.05) is 6.61 Å². The predicted molar refractivity (Wildman–Crippen MR) is 80.3 cm³/mol. The molecule has 0 saturated heterocycles. The summed E-state index contributed by atoms with van der Waals surface area (Å²) in [7, 11) is 0. The number of rotatable bonds is 5. The molecule has 3 nitrogen and oxygen atoms in total. The highest BCUT2D eigenvalue weighted by Crippen LogP contribution is 2.27. The van der Waals surface area contributed by atoms with Gasteiger partial charge in [0.25, 0.3) is 0 Å². The first kappa shape index (κ1) is 12.9. The summed E-state index contributed by atoms with van der Waals surface area (Å²) in [5, 5.41) is 1.16. The van der Waals surface area contributed by atoms with Gasteiger partial charge in [-0.25, -0.2) is 0 Å². The van der Waals surface area contributed by atoms with Crippen LogP contribution in [0.2, 0.25) is 0 Å². The second-order valence-electron chi connectivity index (χ2n) is 4.99. The van der Waals surface area contributed by atoms with Crippen LogP contribution >= 0.6 is 0 Å². The molecule has 0 bridgehead atoms. The third kappa shape index (κ3) is 2.44. The Hall–Kier alpha value is -2.16. The molecular weight excluding hydrogens is 250 g/mol. The Bertz CT molecular complexity index is 709. The number of nitrogens with zero attached hydrogens (tertiary/aromatic N) is 1. The summed E-state index contributed by atoms with van der Waals surface area (Å²) in [6, 6.07) is 12.3. The summed E-state index contributed by atoms with van der Waals surface area (Å²) in [5.74, 6) is 2.88. The number of aryl methyl sites for hydroxylation is 1. The first-order chi connectivity index (χ1) is 9.78. The summed E-state index contributed by atoms with van der Waals surface area (Å²) in [6.45, 7) is 5.58. The van der Waals surface area contributed by atoms with Crippen molar-refractivity contribution < 1.29 is 9.15 Å². The summed E-state index contributed by atoms with van der Waals surface area (Å²) < 4.78 is 13.6. The molecule has 104 valence electrons. The zero-order chi connectivity index (χ0) is 13.9. The summed E-state index contributed by atoms with van der Waals surface area (Å²) in [6.07, 6.45) is 3.10. The fourth-order valence-electron chi connectivity index (χ4n) is 2.41. The van der Waals surface area contributed by atoms with E-state index in [9.17, 15) is 0 Å². The minimum Gasteiger partial charge on any atom is -0.493 e. The number of aromatic nitrogens is 1. The lowest BCUT2D eigenvalue weighted by atomic mass is 10.2. The van der Waals surface area contributed by atoms with Gasteiger partial charge in [0.15, 0.2) is 0 Å². The second kappa shape index (κ2) is 5.45. The lowest BCUT2D eigenvalue weighted by molar-refractivity contribution is 0.321. The molecule has 0 radical (unpaired) electrons. The van der Waals surface area contributed by atoms with E-state index in [-0.39, 0.29) is 0 Å². The van der Waals surface area contributed by atoms with E-state index >= 15 is 0 Å². The van der Waals surface area contributed by atoms with E-state index in [0.29, 0.717) is 0 Å². The molecule has 1 aromatic carbocycles. The third-order valence-corrected chi connectivity index (χ3v) is 3.36. The number of furan rings is 1. The Morgan fingerprint density at radius 3 is 2.80 bits per heavy atom. The van der Waals surface area contributed by atoms with Gasteiger partial charge in [-0.1, -0.05) is 13.0 Å². The Labute approximate surface area is 118 Å². The lowest BCUT2D eigenvalue weighted by Crippen LogP contribution is -1.98. The van der Waals surface area contributed by atoms with Crippen LogP contribution in [0, 0.1) is 6.92 Å². The van der Waals surface area contributed by atoms with Crippen molar-refractivity contribution in [1.82, 2.24) is 4.57 Å². The quantitative estimate of drug-likeness (QED) is 0.687. The van der Waals surface area contributed by atoms with Gasteiger partial charge in [0.2, 0.25) is 0 Å². The predicted octanol–water partition coefficient (Wildman–Crippen LogP) is 4.38. The Morgan fingerprint density at radius 1 is 1.15 bits per heavy atom. The molecule has 3 aromatic rings. The fraction of sp³-hybridized carbons (Fsp3) is 0.294. The number of benzene rings is 1. The van der Waals surface area contributed by atoms with E-state index < -0.39 is 0 Å². The summed E-state index contributed by atoms with van der Waals surface area (Å²) >= 11 is 0. The Kier molecular flexibility index (Phi) is 3.50. The Balaban J connectivity index is 1.92. The molecule has 3 heteroatoms. The molecule has 0 N–H and O–H groups in total. The van der Waals surface area contributed by atoms with Gasteiger partial charge in [0.1, 0.15) is 17.3 Å². The topological polar surface area (TPSA) is 27.3 Å². The smallest absolute Gasteiger partial charge is 0.128 e. The van der Waals surface area contributed by atoms with Crippen LogP contribution in [0.3, 0.4) is 0 Å². The Morgan fingerprint density at radius 2 is 2.05 bits per heavy atom. The van der Waals surface area contributed by atoms with E-state index in [1.165, 1.54) is 5.52 Å². The van der Waals surface area contributed by atoms with Crippen LogP contribution in [-0.2, 0) is 6.54 Å². The van der Waals surface area contributed by atoms with Crippen molar-refractivity contribution in [2.24, 2.45) is 0 Å². The maximum atomic E-state index is 5.80. The van der Waals surface area contributed by atoms with E-state index in [4.69, 9.17) is 9.15 Å². The average molecular weight is 269 g/mol. The van der Waals surface area contributed by atoms with Gasteiger partial charge in [0, 0.05) is 11.6 Å². The first-order valence-electron chi connectivity index (χ1n) is 7.04. The normalized spacial score (nSPS) is 11.1. The summed E-state index contributed by atoms with van der Waals surface area (Å²) in [4.78, 5) is 0. The van der Waals surface area contributed by atoms with Gasteiger partial charge in [-0.3, -0.25) is 0 Å². The molecule has 0 saturated carbocycles. The SMILES string of the molecule is CCCOc1cccc2c1ccn2Cc1ccc(C)o1. The molecule has 0 unspecified atom stereocenters. The maximum absolute atomic E-state index is 5.80. The number of hydrogen-bond acceptors (Lipinski definition) is 2. The number of fused-ring (bicyclic) bond motifs is 1. The molecule has 0 aliphatic rings. The van der Waals surface area contributed by atoms with Crippen molar-refractivity contribution in [3.63, 3.8) is 0 Å². The van der Waals surface area contributed by atoms with Gasteiger partial charge in [-0.15, -0.1) is 0 Å². The van der Waals surface area contributed by atoms with Crippen molar-refractivity contribution in [3.8, 4) is 5.75 Å². The van der Waals surface area contributed by atoms with Crippen LogP contribution in [0.25, 0.3) is 10.9 Å². The van der Waals surface area contributed by atoms with Crippen molar-refractivity contribution >= 4 is 10.9 Å². The maximum Gasteiger partial charge on any atom is 0.128 e. The van der Waals surface area contributed by atoms with Crippen LogP contribution < -0.4 is 4.74 Å².